The molecule has 0 aromatic heterocycles. The van der Waals surface area contributed by atoms with Crippen LogP contribution < -0.4 is 4.74 Å². The van der Waals surface area contributed by atoms with Crippen LogP contribution in [0.25, 0.3) is 0 Å². The van der Waals surface area contributed by atoms with Gasteiger partial charge in [0.15, 0.2) is 6.29 Å². The number of phenolic OH excluding ortho intramolecular Hbond substituents is 1. The fraction of sp³-hybridized carbons (Fsp3) is 0.514. The van der Waals surface area contributed by atoms with Gasteiger partial charge in [-0.2, -0.15) is 0 Å². The first-order chi connectivity index (χ1) is 20.3. The van der Waals surface area contributed by atoms with Crippen LogP contribution >= 0.6 is 0 Å². The Balaban J connectivity index is 2.47. The Morgan fingerprint density at radius 2 is 1.50 bits per heavy atom. The summed E-state index contributed by atoms with van der Waals surface area (Å²) < 4.78 is 10.9. The Labute approximate surface area is 255 Å². The first kappa shape index (κ1) is 36.7. The molecule has 1 rings (SSSR count). The number of esters is 1. The molecule has 0 unspecified atom stereocenters. The van der Waals surface area contributed by atoms with Gasteiger partial charge in [0.05, 0.1) is 7.11 Å². The van der Waals surface area contributed by atoms with Gasteiger partial charge >= 0.3 is 5.97 Å². The molecule has 0 aliphatic carbocycles. The van der Waals surface area contributed by atoms with Gasteiger partial charge in [0.25, 0.3) is 0 Å². The van der Waals surface area contributed by atoms with Crippen molar-refractivity contribution in [2.45, 2.75) is 118 Å². The van der Waals surface area contributed by atoms with Crippen LogP contribution in [0.1, 0.15) is 126 Å². The molecule has 0 amide bonds. The molecule has 0 fully saturated rings. The highest BCUT2D eigenvalue weighted by Crippen LogP contribution is 2.35. The van der Waals surface area contributed by atoms with E-state index in [4.69, 9.17) is 9.47 Å². The van der Waals surface area contributed by atoms with Gasteiger partial charge in [0.2, 0.25) is 0 Å². The summed E-state index contributed by atoms with van der Waals surface area (Å²) in [6.07, 6.45) is 30.2. The largest absolute Gasteiger partial charge is 0.507 e. The molecular formula is C37H54O5. The topological polar surface area (TPSA) is 72.8 Å². The molecule has 42 heavy (non-hydrogen) atoms. The zero-order valence-corrected chi connectivity index (χ0v) is 26.8. The highest BCUT2D eigenvalue weighted by molar-refractivity contribution is 5.81. The normalized spacial score (nSPS) is 12.0. The molecule has 0 atom stereocenters. The predicted octanol–water partition coefficient (Wildman–Crippen LogP) is 10.1. The van der Waals surface area contributed by atoms with Gasteiger partial charge in [0.1, 0.15) is 18.1 Å². The van der Waals surface area contributed by atoms with E-state index in [0.29, 0.717) is 36.0 Å². The molecule has 0 saturated heterocycles. The minimum Gasteiger partial charge on any atom is -0.507 e. The standard InChI is InChI=1S/C37H54O5/c1-6-7-8-9-10-11-12-13-14-15-16-17-18-19-20-24-36(39)42-29-34-32(28-38)27-35(41-5)33(37(34)40)26-25-31(4)23-21-22-30(2)3/h7-8,10-11,13-14,22,25,27-28,40H,6,9,12,15-21,23-24,26,29H2,1-5H3/b8-7-,11-10-,14-13-,31-25+. The minimum absolute atomic E-state index is 0.0493. The molecule has 0 radical (unpaired) electrons. The Morgan fingerprint density at radius 3 is 2.17 bits per heavy atom. The maximum Gasteiger partial charge on any atom is 0.306 e. The van der Waals surface area contributed by atoms with Crippen molar-refractivity contribution in [1.29, 1.82) is 0 Å². The first-order valence-corrected chi connectivity index (χ1v) is 15.6. The van der Waals surface area contributed by atoms with E-state index in [1.54, 1.807) is 6.07 Å². The van der Waals surface area contributed by atoms with Crippen molar-refractivity contribution in [1.82, 2.24) is 0 Å². The van der Waals surface area contributed by atoms with Crippen molar-refractivity contribution < 1.29 is 24.2 Å². The molecule has 232 valence electrons. The fourth-order valence-corrected chi connectivity index (χ4v) is 4.47. The van der Waals surface area contributed by atoms with Crippen LogP contribution in [0, 0.1) is 0 Å². The quantitative estimate of drug-likeness (QED) is 0.0641. The SMILES string of the molecule is CC/C=C\C/C=C\C/C=C\CCCCCCCC(=O)OCc1c(C=O)cc(OC)c(C/C=C(\C)CCC=C(C)C)c1O. The summed E-state index contributed by atoms with van der Waals surface area (Å²) in [6.45, 7) is 8.23. The van der Waals surface area contributed by atoms with Crippen molar-refractivity contribution in [2.75, 3.05) is 7.11 Å². The molecule has 0 saturated carbocycles. The van der Waals surface area contributed by atoms with E-state index < -0.39 is 0 Å². The minimum atomic E-state index is -0.320. The summed E-state index contributed by atoms with van der Waals surface area (Å²) in [4.78, 5) is 24.1. The zero-order valence-electron chi connectivity index (χ0n) is 26.8. The van der Waals surface area contributed by atoms with E-state index in [9.17, 15) is 14.7 Å². The fourth-order valence-electron chi connectivity index (χ4n) is 4.47. The Kier molecular flexibility index (Phi) is 20.3. The first-order valence-electron chi connectivity index (χ1n) is 15.6. The second-order valence-electron chi connectivity index (χ2n) is 10.9. The van der Waals surface area contributed by atoms with Crippen molar-refractivity contribution in [3.63, 3.8) is 0 Å². The number of ether oxygens (including phenoxy) is 2. The Bertz CT molecular complexity index is 1080. The average molecular weight is 579 g/mol. The summed E-state index contributed by atoms with van der Waals surface area (Å²) >= 11 is 0. The molecule has 1 N–H and O–H groups in total. The van der Waals surface area contributed by atoms with E-state index in [1.165, 1.54) is 18.3 Å². The lowest BCUT2D eigenvalue weighted by molar-refractivity contribution is -0.145. The van der Waals surface area contributed by atoms with Crippen molar-refractivity contribution >= 4 is 12.3 Å². The van der Waals surface area contributed by atoms with Gasteiger partial charge in [-0.25, -0.2) is 0 Å². The number of phenols is 1. The number of aldehydes is 1. The number of benzene rings is 1. The van der Waals surface area contributed by atoms with Gasteiger partial charge in [-0.05, 0) is 84.6 Å². The van der Waals surface area contributed by atoms with Gasteiger partial charge in [0, 0.05) is 23.1 Å². The number of hydrogen-bond acceptors (Lipinski definition) is 5. The summed E-state index contributed by atoms with van der Waals surface area (Å²) in [7, 11) is 1.52. The summed E-state index contributed by atoms with van der Waals surface area (Å²) in [5.74, 6) is 0.0763. The second kappa shape index (κ2) is 23.2. The lowest BCUT2D eigenvalue weighted by Crippen LogP contribution is -2.08. The highest BCUT2D eigenvalue weighted by atomic mass is 16.5. The molecule has 0 heterocycles. The lowest BCUT2D eigenvalue weighted by Gasteiger charge is -2.16. The third-order valence-electron chi connectivity index (χ3n) is 7.01. The summed E-state index contributed by atoms with van der Waals surface area (Å²) in [6, 6.07) is 1.61. The number of unbranched alkanes of at least 4 members (excludes halogenated alkanes) is 5. The third-order valence-corrected chi connectivity index (χ3v) is 7.01. The zero-order chi connectivity index (χ0) is 31.0. The van der Waals surface area contributed by atoms with Crippen LogP contribution in [0.2, 0.25) is 0 Å². The molecule has 5 nitrogen and oxygen atoms in total. The summed E-state index contributed by atoms with van der Waals surface area (Å²) in [5.41, 5.74) is 3.67. The van der Waals surface area contributed by atoms with Crippen molar-refractivity contribution in [2.24, 2.45) is 0 Å². The molecule has 5 heteroatoms. The molecule has 1 aromatic carbocycles. The number of aromatic hydroxyl groups is 1. The molecule has 0 aliphatic heterocycles. The molecule has 0 bridgehead atoms. The Morgan fingerprint density at radius 1 is 0.833 bits per heavy atom. The second-order valence-corrected chi connectivity index (χ2v) is 10.9. The number of allylic oxidation sites excluding steroid dienone is 10. The average Bonchev–Trinajstić information content (AvgIpc) is 2.97. The third kappa shape index (κ3) is 16.2. The van der Waals surface area contributed by atoms with Gasteiger partial charge in [-0.3, -0.25) is 9.59 Å². The van der Waals surface area contributed by atoms with Gasteiger partial charge in [-0.1, -0.05) is 85.9 Å². The van der Waals surface area contributed by atoms with E-state index in [1.807, 2.05) is 0 Å². The van der Waals surface area contributed by atoms with Crippen LogP contribution in [-0.4, -0.2) is 24.5 Å². The number of hydrogen-bond donors (Lipinski definition) is 1. The van der Waals surface area contributed by atoms with E-state index >= 15 is 0 Å². The number of rotatable bonds is 22. The number of methoxy groups -OCH3 is 1. The van der Waals surface area contributed by atoms with E-state index in [0.717, 1.165) is 70.6 Å². The maximum atomic E-state index is 12.4. The number of carbonyl (C=O) groups is 2. The molecule has 1 aromatic rings. The maximum absolute atomic E-state index is 12.4. The van der Waals surface area contributed by atoms with Gasteiger partial charge in [-0.15, -0.1) is 0 Å². The van der Waals surface area contributed by atoms with Crippen LogP contribution in [0.15, 0.2) is 65.8 Å². The highest BCUT2D eigenvalue weighted by Gasteiger charge is 2.19. The molecule has 0 spiro atoms. The molecule has 0 aliphatic rings. The van der Waals surface area contributed by atoms with Crippen molar-refractivity contribution in [3.8, 4) is 11.5 Å². The van der Waals surface area contributed by atoms with Crippen LogP contribution in [0.4, 0.5) is 0 Å². The van der Waals surface area contributed by atoms with Crippen LogP contribution in [0.3, 0.4) is 0 Å². The summed E-state index contributed by atoms with van der Waals surface area (Å²) in [5, 5.41) is 11.0. The smallest absolute Gasteiger partial charge is 0.306 e. The predicted molar refractivity (Wildman–Crippen MR) is 175 cm³/mol. The molecular weight excluding hydrogens is 524 g/mol. The Hall–Kier alpha value is -3.34. The van der Waals surface area contributed by atoms with E-state index in [-0.39, 0.29) is 23.9 Å². The van der Waals surface area contributed by atoms with Crippen LogP contribution in [-0.2, 0) is 22.6 Å². The van der Waals surface area contributed by atoms with Crippen molar-refractivity contribution in [3.05, 3.63) is 82.5 Å². The lowest BCUT2D eigenvalue weighted by atomic mass is 9.98. The monoisotopic (exact) mass is 578 g/mol. The number of carbonyl (C=O) groups excluding carboxylic acids is 2. The van der Waals surface area contributed by atoms with Crippen LogP contribution in [0.5, 0.6) is 11.5 Å². The van der Waals surface area contributed by atoms with E-state index in [2.05, 4.69) is 76.3 Å². The van der Waals surface area contributed by atoms with Gasteiger partial charge < -0.3 is 14.6 Å².